The highest BCUT2D eigenvalue weighted by molar-refractivity contribution is 6.69. The number of fused-ring (bicyclic) bond motifs is 1. The Morgan fingerprint density at radius 3 is 2.65 bits per heavy atom. The highest BCUT2D eigenvalue weighted by atomic mass is 28.4. The Morgan fingerprint density at radius 2 is 2.06 bits per heavy atom. The molecule has 0 N–H and O–H groups in total. The summed E-state index contributed by atoms with van der Waals surface area (Å²) in [5.74, 6) is 0. The van der Waals surface area contributed by atoms with Crippen LogP contribution < -0.4 is 0 Å². The minimum Gasteiger partial charge on any atom is -0.412 e. The van der Waals surface area contributed by atoms with E-state index in [1.54, 1.807) is 0 Å². The smallest absolute Gasteiger partial charge is 0.184 e. The summed E-state index contributed by atoms with van der Waals surface area (Å²) in [6.07, 6.45) is 7.75. The first-order valence-electron chi connectivity index (χ1n) is 7.21. The van der Waals surface area contributed by atoms with Gasteiger partial charge in [0.15, 0.2) is 8.32 Å². The van der Waals surface area contributed by atoms with Crippen molar-refractivity contribution in [2.75, 3.05) is 0 Å². The van der Waals surface area contributed by atoms with Gasteiger partial charge in [0, 0.05) is 0 Å². The molecule has 3 atom stereocenters. The number of ether oxygens (including phenoxy) is 1. The quantitative estimate of drug-likeness (QED) is 0.545. The lowest BCUT2D eigenvalue weighted by molar-refractivity contribution is 0.0714. The number of hydrogen-bond donors (Lipinski definition) is 0. The summed E-state index contributed by atoms with van der Waals surface area (Å²) in [4.78, 5) is 0. The highest BCUT2D eigenvalue weighted by Crippen LogP contribution is 2.60. The molecule has 1 heterocycles. The van der Waals surface area contributed by atoms with Gasteiger partial charge in [-0.05, 0) is 52.2 Å². The Morgan fingerprint density at radius 1 is 1.35 bits per heavy atom. The molecule has 2 fully saturated rings. The molecule has 2 aliphatic rings. The summed E-state index contributed by atoms with van der Waals surface area (Å²) in [6.45, 7) is 11.4. The Balaban J connectivity index is 2.08. The van der Waals surface area contributed by atoms with E-state index in [9.17, 15) is 0 Å². The van der Waals surface area contributed by atoms with Crippen molar-refractivity contribution in [3.8, 4) is 0 Å². The Bertz CT molecular complexity index is 286. The van der Waals surface area contributed by atoms with E-state index >= 15 is 0 Å². The van der Waals surface area contributed by atoms with Crippen molar-refractivity contribution in [1.82, 2.24) is 0 Å². The molecule has 0 amide bonds. The van der Waals surface area contributed by atoms with E-state index in [0.29, 0.717) is 6.10 Å². The monoisotopic (exact) mass is 256 g/mol. The van der Waals surface area contributed by atoms with Gasteiger partial charge in [-0.2, -0.15) is 0 Å². The van der Waals surface area contributed by atoms with Crippen LogP contribution in [0.5, 0.6) is 0 Å². The molecule has 1 saturated heterocycles. The van der Waals surface area contributed by atoms with Gasteiger partial charge in [-0.3, -0.25) is 0 Å². The first kappa shape index (κ1) is 13.6. The second kappa shape index (κ2) is 4.36. The lowest BCUT2D eigenvalue weighted by atomic mass is 9.76. The third-order valence-electron chi connectivity index (χ3n) is 4.30. The van der Waals surface area contributed by atoms with Crippen molar-refractivity contribution in [3.05, 3.63) is 0 Å². The average molecular weight is 256 g/mol. The molecule has 1 saturated carbocycles. The van der Waals surface area contributed by atoms with Gasteiger partial charge in [0.1, 0.15) is 5.60 Å². The van der Waals surface area contributed by atoms with Crippen LogP contribution in [0.1, 0.15) is 52.4 Å². The van der Waals surface area contributed by atoms with Crippen LogP contribution in [-0.2, 0) is 9.16 Å². The molecular weight excluding hydrogens is 228 g/mol. The molecule has 1 aliphatic carbocycles. The number of hydrogen-bond acceptors (Lipinski definition) is 2. The fourth-order valence-electron chi connectivity index (χ4n) is 3.40. The van der Waals surface area contributed by atoms with Crippen LogP contribution in [0.25, 0.3) is 0 Å². The zero-order chi connectivity index (χ0) is 12.7. The minimum absolute atomic E-state index is 0.0710. The van der Waals surface area contributed by atoms with Crippen molar-refractivity contribution in [3.63, 3.8) is 0 Å². The zero-order valence-electron chi connectivity index (χ0n) is 12.1. The summed E-state index contributed by atoms with van der Waals surface area (Å²) in [5, 5.41) is 0. The molecule has 17 heavy (non-hydrogen) atoms. The molecule has 2 nitrogen and oxygen atoms in total. The first-order valence-corrected chi connectivity index (χ1v) is 10.6. The summed E-state index contributed by atoms with van der Waals surface area (Å²) in [7, 11) is -1.46. The van der Waals surface area contributed by atoms with Crippen LogP contribution in [0.2, 0.25) is 19.6 Å². The van der Waals surface area contributed by atoms with Gasteiger partial charge in [0.05, 0.1) is 11.7 Å². The zero-order valence-corrected chi connectivity index (χ0v) is 13.1. The maximum atomic E-state index is 6.41. The van der Waals surface area contributed by atoms with Crippen LogP contribution in [0.15, 0.2) is 0 Å². The molecule has 0 bridgehead atoms. The maximum Gasteiger partial charge on any atom is 0.184 e. The van der Waals surface area contributed by atoms with E-state index in [4.69, 9.17) is 9.16 Å². The third kappa shape index (κ3) is 2.47. The summed E-state index contributed by atoms with van der Waals surface area (Å²) < 4.78 is 12.6. The van der Waals surface area contributed by atoms with Crippen LogP contribution in [-0.4, -0.2) is 25.6 Å². The molecule has 0 aromatic heterocycles. The Hall–Kier alpha value is 0.137. The predicted molar refractivity (Wildman–Crippen MR) is 73.8 cm³/mol. The van der Waals surface area contributed by atoms with Gasteiger partial charge in [-0.25, -0.2) is 0 Å². The molecule has 0 aromatic carbocycles. The lowest BCUT2D eigenvalue weighted by Gasteiger charge is -2.35. The number of epoxide rings is 1. The van der Waals surface area contributed by atoms with E-state index in [0.717, 1.165) is 0 Å². The lowest BCUT2D eigenvalue weighted by Crippen LogP contribution is -2.46. The molecular formula is C14H28O2Si. The van der Waals surface area contributed by atoms with Gasteiger partial charge >= 0.3 is 0 Å². The molecule has 0 aromatic rings. The molecule has 1 aliphatic heterocycles. The molecule has 0 spiro atoms. The van der Waals surface area contributed by atoms with Crippen LogP contribution >= 0.6 is 0 Å². The summed E-state index contributed by atoms with van der Waals surface area (Å²) in [6, 6.07) is 0. The number of unbranched alkanes of at least 4 members (excludes halogenated alkanes) is 1. The fourth-order valence-corrected chi connectivity index (χ4v) is 4.56. The van der Waals surface area contributed by atoms with Crippen molar-refractivity contribution in [2.45, 2.75) is 89.3 Å². The molecule has 100 valence electrons. The van der Waals surface area contributed by atoms with Crippen molar-refractivity contribution < 1.29 is 9.16 Å². The maximum absolute atomic E-state index is 6.41. The van der Waals surface area contributed by atoms with E-state index in [-0.39, 0.29) is 11.2 Å². The van der Waals surface area contributed by atoms with Crippen LogP contribution in [0.3, 0.4) is 0 Å². The summed E-state index contributed by atoms with van der Waals surface area (Å²) >= 11 is 0. The predicted octanol–water partition coefficient (Wildman–Crippen LogP) is 4.11. The second-order valence-corrected chi connectivity index (χ2v) is 11.4. The summed E-state index contributed by atoms with van der Waals surface area (Å²) in [5.41, 5.74) is 0.201. The Labute approximate surface area is 107 Å². The van der Waals surface area contributed by atoms with Gasteiger partial charge < -0.3 is 9.16 Å². The average Bonchev–Trinajstić information content (AvgIpc) is 2.81. The van der Waals surface area contributed by atoms with E-state index in [1.807, 2.05) is 0 Å². The van der Waals surface area contributed by atoms with Crippen LogP contribution in [0, 0.1) is 0 Å². The number of rotatable bonds is 5. The SMILES string of the molecule is CCCC[C@]12O[C@@]1(C)CCC[C@H]2O[Si](C)(C)C. The van der Waals surface area contributed by atoms with E-state index in [1.165, 1.54) is 38.5 Å². The molecule has 3 heteroatoms. The van der Waals surface area contributed by atoms with E-state index in [2.05, 4.69) is 33.5 Å². The van der Waals surface area contributed by atoms with Gasteiger partial charge in [-0.15, -0.1) is 0 Å². The molecule has 0 radical (unpaired) electrons. The largest absolute Gasteiger partial charge is 0.412 e. The van der Waals surface area contributed by atoms with Crippen molar-refractivity contribution in [2.24, 2.45) is 0 Å². The fraction of sp³-hybridized carbons (Fsp3) is 1.00. The van der Waals surface area contributed by atoms with Gasteiger partial charge in [0.25, 0.3) is 0 Å². The van der Waals surface area contributed by atoms with Crippen molar-refractivity contribution >= 4 is 8.32 Å². The normalized spacial score (nSPS) is 41.1. The Kier molecular flexibility index (Phi) is 3.48. The van der Waals surface area contributed by atoms with Gasteiger partial charge in [-0.1, -0.05) is 19.8 Å². The molecule has 2 rings (SSSR count). The third-order valence-corrected chi connectivity index (χ3v) is 5.29. The first-order chi connectivity index (χ1) is 7.83. The highest BCUT2D eigenvalue weighted by Gasteiger charge is 2.71. The van der Waals surface area contributed by atoms with Gasteiger partial charge in [0.2, 0.25) is 0 Å². The molecule has 0 unspecified atom stereocenters. The van der Waals surface area contributed by atoms with E-state index < -0.39 is 8.32 Å². The van der Waals surface area contributed by atoms with Crippen LogP contribution in [0.4, 0.5) is 0 Å². The minimum atomic E-state index is -1.46. The standard InChI is InChI=1S/C14H28O2Si/c1-6-7-11-14-12(15-17(3,4)5)9-8-10-13(14,2)16-14/h12H,6-11H2,1-5H3/t12-,13+,14-/m1/s1. The second-order valence-electron chi connectivity index (χ2n) is 6.94. The van der Waals surface area contributed by atoms with Crippen molar-refractivity contribution in [1.29, 1.82) is 0 Å². The topological polar surface area (TPSA) is 21.8 Å².